The van der Waals surface area contributed by atoms with Crippen molar-refractivity contribution in [1.29, 1.82) is 0 Å². The van der Waals surface area contributed by atoms with Crippen LogP contribution >= 0.6 is 0 Å². The minimum absolute atomic E-state index is 0.0743. The van der Waals surface area contributed by atoms with Crippen molar-refractivity contribution in [3.63, 3.8) is 0 Å². The zero-order valence-electron chi connectivity index (χ0n) is 30.2. The van der Waals surface area contributed by atoms with Crippen LogP contribution in [0.25, 0.3) is 17.6 Å². The third-order valence-electron chi connectivity index (χ3n) is 8.90. The van der Waals surface area contributed by atoms with Crippen molar-refractivity contribution in [2.24, 2.45) is 0 Å². The summed E-state index contributed by atoms with van der Waals surface area (Å²) in [6.45, 7) is 1.85. The number of carbonyl (C=O) groups is 3. The van der Waals surface area contributed by atoms with E-state index in [1.54, 1.807) is 49.5 Å². The van der Waals surface area contributed by atoms with Gasteiger partial charge in [-0.15, -0.1) is 0 Å². The Labute approximate surface area is 307 Å². The molecule has 1 aliphatic heterocycles. The number of phenols is 2. The molecule has 0 saturated carbocycles. The van der Waals surface area contributed by atoms with Gasteiger partial charge in [0, 0.05) is 49.9 Å². The van der Waals surface area contributed by atoms with Gasteiger partial charge in [-0.1, -0.05) is 23.4 Å². The Bertz CT molecular complexity index is 1920. The van der Waals surface area contributed by atoms with Crippen molar-refractivity contribution < 1.29 is 48.1 Å². The van der Waals surface area contributed by atoms with Crippen LogP contribution in [0.2, 0.25) is 0 Å². The first-order valence-electron chi connectivity index (χ1n) is 17.4. The molecular formula is C39H44N4O10. The number of nitrogens with zero attached hydrogens (tertiary/aromatic N) is 3. The Morgan fingerprint density at radius 1 is 1.04 bits per heavy atom. The molecule has 0 bridgehead atoms. The van der Waals surface area contributed by atoms with E-state index >= 15 is 0 Å². The predicted molar refractivity (Wildman–Crippen MR) is 193 cm³/mol. The fourth-order valence-electron chi connectivity index (χ4n) is 6.23. The number of cyclic esters (lactones) is 1. The fraction of sp³-hybridized carbons (Fsp3) is 0.385. The molecular weight excluding hydrogens is 684 g/mol. The highest BCUT2D eigenvalue weighted by atomic mass is 16.5. The number of fused-ring (bicyclic) bond motifs is 1. The summed E-state index contributed by atoms with van der Waals surface area (Å²) >= 11 is 0. The molecule has 0 radical (unpaired) electrons. The van der Waals surface area contributed by atoms with E-state index < -0.39 is 29.6 Å². The number of benzene rings is 2. The van der Waals surface area contributed by atoms with E-state index in [2.05, 4.69) is 20.4 Å². The normalized spacial score (nSPS) is 15.8. The maximum absolute atomic E-state index is 13.7. The van der Waals surface area contributed by atoms with Gasteiger partial charge in [0.15, 0.2) is 11.5 Å². The summed E-state index contributed by atoms with van der Waals surface area (Å²) in [4.78, 5) is 48.2. The summed E-state index contributed by atoms with van der Waals surface area (Å²) in [5.74, 6) is -1.56. The molecule has 0 fully saturated rings. The summed E-state index contributed by atoms with van der Waals surface area (Å²) < 4.78 is 27.7. The van der Waals surface area contributed by atoms with Gasteiger partial charge in [-0.05, 0) is 74.1 Å². The molecule has 53 heavy (non-hydrogen) atoms. The molecule has 0 spiro atoms. The molecule has 1 aliphatic rings. The number of phenolic OH excluding ortho intramolecular Hbond substituents is 2. The maximum Gasteiger partial charge on any atom is 0.342 e. The second kappa shape index (κ2) is 18.0. The first kappa shape index (κ1) is 38.3. The van der Waals surface area contributed by atoms with E-state index in [1.165, 1.54) is 27.4 Å². The second-order valence-corrected chi connectivity index (χ2v) is 12.6. The summed E-state index contributed by atoms with van der Waals surface area (Å²) in [5, 5.41) is 30.3. The van der Waals surface area contributed by atoms with Crippen molar-refractivity contribution in [3.05, 3.63) is 76.8 Å². The largest absolute Gasteiger partial charge is 0.507 e. The van der Waals surface area contributed by atoms with Crippen molar-refractivity contribution >= 4 is 23.7 Å². The molecule has 280 valence electrons. The number of Topliss-reactive ketones (excluding diaryl/α,β-unsaturated/α-hetero) is 1. The van der Waals surface area contributed by atoms with Crippen molar-refractivity contribution in [3.8, 4) is 40.3 Å². The molecule has 3 N–H and O–H groups in total. The van der Waals surface area contributed by atoms with E-state index in [0.29, 0.717) is 67.2 Å². The number of aromatic nitrogens is 3. The number of carbonyl (C=O) groups excluding carboxylic acids is 3. The minimum atomic E-state index is -1.03. The number of aromatic hydroxyl groups is 2. The number of hydrogen-bond donors (Lipinski definition) is 3. The van der Waals surface area contributed by atoms with Gasteiger partial charge in [0.2, 0.25) is 23.4 Å². The Morgan fingerprint density at radius 3 is 2.49 bits per heavy atom. The number of pyridine rings is 1. The second-order valence-electron chi connectivity index (χ2n) is 12.6. The van der Waals surface area contributed by atoms with Gasteiger partial charge < -0.3 is 39.0 Å². The lowest BCUT2D eigenvalue weighted by atomic mass is 9.84. The highest BCUT2D eigenvalue weighted by Crippen LogP contribution is 2.47. The first-order valence-corrected chi connectivity index (χ1v) is 17.4. The van der Waals surface area contributed by atoms with Crippen molar-refractivity contribution in [2.45, 2.75) is 70.3 Å². The molecule has 3 heterocycles. The summed E-state index contributed by atoms with van der Waals surface area (Å²) in [6, 6.07) is 9.93. The van der Waals surface area contributed by atoms with E-state index in [9.17, 15) is 24.6 Å². The zero-order chi connectivity index (χ0) is 37.9. The third kappa shape index (κ3) is 9.50. The van der Waals surface area contributed by atoms with Crippen molar-refractivity contribution in [2.75, 3.05) is 27.9 Å². The number of allylic oxidation sites excluding steroid dienone is 1. The Kier molecular flexibility index (Phi) is 13.0. The molecule has 2 atom stereocenters. The van der Waals surface area contributed by atoms with E-state index in [1.807, 2.05) is 6.07 Å². The maximum atomic E-state index is 13.7. The smallest absolute Gasteiger partial charge is 0.342 e. The molecule has 14 nitrogen and oxygen atoms in total. The lowest BCUT2D eigenvalue weighted by molar-refractivity contribution is -0.121. The van der Waals surface area contributed by atoms with Gasteiger partial charge in [0.25, 0.3) is 0 Å². The topological polar surface area (TPSA) is 192 Å². The Hall–Kier alpha value is -5.92. The highest BCUT2D eigenvalue weighted by Gasteiger charge is 2.32. The molecule has 5 rings (SSSR count). The average Bonchev–Trinajstić information content (AvgIpc) is 3.62. The van der Waals surface area contributed by atoms with Gasteiger partial charge in [0.05, 0.1) is 27.4 Å². The zero-order valence-corrected chi connectivity index (χ0v) is 30.2. The van der Waals surface area contributed by atoms with Crippen LogP contribution in [0.5, 0.6) is 28.7 Å². The number of nitrogens with one attached hydrogen (secondary N) is 1. The molecule has 2 unspecified atom stereocenters. The van der Waals surface area contributed by atoms with Crippen LogP contribution in [-0.4, -0.2) is 77.0 Å². The molecule has 2 aromatic heterocycles. The quantitative estimate of drug-likeness (QED) is 0.154. The van der Waals surface area contributed by atoms with Crippen LogP contribution in [-0.2, 0) is 20.7 Å². The number of rotatable bonds is 11. The summed E-state index contributed by atoms with van der Waals surface area (Å²) in [5.41, 5.74) is 0.952. The lowest BCUT2D eigenvalue weighted by Gasteiger charge is -2.24. The molecule has 2 aromatic carbocycles. The first-order chi connectivity index (χ1) is 25.6. The number of ether oxygens (including phenoxy) is 4. The van der Waals surface area contributed by atoms with Gasteiger partial charge in [-0.25, -0.2) is 4.79 Å². The predicted octanol–water partition coefficient (Wildman–Crippen LogP) is 5.93. The average molecular weight is 729 g/mol. The SMILES string of the molecule is COc1cc(C(CC(=O)NCCc2nc(-c3ccccn3)no2)c2c(O)cc3c(c2O)C(=O)OC(C)CCCC(=O)CCCC=C3)cc(OC)c1OC. The van der Waals surface area contributed by atoms with E-state index in [4.69, 9.17) is 23.5 Å². The van der Waals surface area contributed by atoms with Crippen LogP contribution < -0.4 is 19.5 Å². The number of amides is 1. The molecule has 14 heteroatoms. The monoisotopic (exact) mass is 728 g/mol. The van der Waals surface area contributed by atoms with Gasteiger partial charge >= 0.3 is 5.97 Å². The highest BCUT2D eigenvalue weighted by molar-refractivity contribution is 5.98. The van der Waals surface area contributed by atoms with Gasteiger partial charge in [-0.2, -0.15) is 4.98 Å². The van der Waals surface area contributed by atoms with Gasteiger partial charge in [-0.3, -0.25) is 14.6 Å². The summed E-state index contributed by atoms with van der Waals surface area (Å²) in [6.07, 6.45) is 7.40. The lowest BCUT2D eigenvalue weighted by Crippen LogP contribution is -2.27. The minimum Gasteiger partial charge on any atom is -0.507 e. The van der Waals surface area contributed by atoms with Crippen LogP contribution in [0.15, 0.2) is 53.2 Å². The van der Waals surface area contributed by atoms with Crippen LogP contribution in [0.4, 0.5) is 0 Å². The third-order valence-corrected chi connectivity index (χ3v) is 8.90. The number of ketones is 1. The standard InChI is InChI=1S/C39H44N4O10/c1-23-11-10-14-26(44)13-7-5-6-12-24-19-29(45)35(36(47)34(24)39(48)52-23)27(25-20-30(49-2)37(51-4)31(21-25)50-3)22-32(46)41-18-16-33-42-38(43-53-33)28-15-8-9-17-40-28/h6,8-9,12,15,17,19-21,23,27,45,47H,5,7,10-11,13-14,16,18,22H2,1-4H3,(H,41,46). The molecule has 0 saturated heterocycles. The number of methoxy groups -OCH3 is 3. The Morgan fingerprint density at radius 2 is 1.79 bits per heavy atom. The molecule has 4 aromatic rings. The van der Waals surface area contributed by atoms with E-state index in [0.717, 1.165) is 0 Å². The number of hydrogen-bond acceptors (Lipinski definition) is 13. The molecule has 1 amide bonds. The molecule has 0 aliphatic carbocycles. The summed E-state index contributed by atoms with van der Waals surface area (Å²) in [7, 11) is 4.34. The Balaban J connectivity index is 1.50. The number of esters is 1. The van der Waals surface area contributed by atoms with Crippen LogP contribution in [0, 0.1) is 0 Å². The fourth-order valence-corrected chi connectivity index (χ4v) is 6.23. The van der Waals surface area contributed by atoms with Crippen LogP contribution in [0.3, 0.4) is 0 Å². The van der Waals surface area contributed by atoms with Gasteiger partial charge in [0.1, 0.15) is 28.5 Å². The van der Waals surface area contributed by atoms with Crippen molar-refractivity contribution in [1.82, 2.24) is 20.4 Å². The van der Waals surface area contributed by atoms with E-state index in [-0.39, 0.29) is 59.1 Å². The van der Waals surface area contributed by atoms with Crippen LogP contribution in [0.1, 0.15) is 90.7 Å².